The van der Waals surface area contributed by atoms with E-state index in [-0.39, 0.29) is 17.8 Å². The molecule has 0 saturated carbocycles. The highest BCUT2D eigenvalue weighted by Crippen LogP contribution is 2.21. The summed E-state index contributed by atoms with van der Waals surface area (Å²) in [5.74, 6) is 0.205. The van der Waals surface area contributed by atoms with E-state index in [9.17, 15) is 4.79 Å². The summed E-state index contributed by atoms with van der Waals surface area (Å²) in [6.07, 6.45) is 2.96. The average molecular weight is 286 g/mol. The van der Waals surface area contributed by atoms with Gasteiger partial charge in [0.25, 0.3) is 11.7 Å². The van der Waals surface area contributed by atoms with Crippen molar-refractivity contribution in [3.05, 3.63) is 41.5 Å². The summed E-state index contributed by atoms with van der Waals surface area (Å²) >= 11 is 0. The molecule has 1 aromatic heterocycles. The van der Waals surface area contributed by atoms with Crippen LogP contribution >= 0.6 is 0 Å². The maximum Gasteiger partial charge on any atom is 0.297 e. The largest absolute Gasteiger partial charge is 0.337 e. The van der Waals surface area contributed by atoms with Gasteiger partial charge in [-0.15, -0.1) is 0 Å². The lowest BCUT2D eigenvalue weighted by atomic mass is 10.1. The van der Waals surface area contributed by atoms with Gasteiger partial charge in [-0.1, -0.05) is 24.2 Å². The molecule has 6 heteroatoms. The maximum atomic E-state index is 12.1. The normalized spacial score (nSPS) is 17.9. The van der Waals surface area contributed by atoms with Crippen molar-refractivity contribution in [3.8, 4) is 0 Å². The number of nitrogens with zero attached hydrogens (tertiary/aromatic N) is 2. The van der Waals surface area contributed by atoms with Gasteiger partial charge in [-0.3, -0.25) is 4.79 Å². The summed E-state index contributed by atoms with van der Waals surface area (Å²) in [6, 6.07) is 7.79. The molecule has 1 aliphatic heterocycles. The number of benzene rings is 1. The van der Waals surface area contributed by atoms with Crippen molar-refractivity contribution in [2.24, 2.45) is 0 Å². The van der Waals surface area contributed by atoms with Crippen LogP contribution in [0.1, 0.15) is 47.9 Å². The predicted molar refractivity (Wildman–Crippen MR) is 78.0 cm³/mol. The highest BCUT2D eigenvalue weighted by Gasteiger charge is 2.24. The van der Waals surface area contributed by atoms with E-state index in [2.05, 4.69) is 27.7 Å². The van der Waals surface area contributed by atoms with Crippen LogP contribution in [0.5, 0.6) is 0 Å². The van der Waals surface area contributed by atoms with E-state index in [1.165, 1.54) is 0 Å². The monoisotopic (exact) mass is 286 g/mol. The second-order valence-electron chi connectivity index (χ2n) is 5.11. The molecule has 0 spiro atoms. The molecule has 1 aliphatic rings. The van der Waals surface area contributed by atoms with Crippen LogP contribution in [0.3, 0.4) is 0 Å². The molecule has 3 rings (SSSR count). The molecule has 1 atom stereocenters. The van der Waals surface area contributed by atoms with Gasteiger partial charge in [-0.2, -0.15) is 4.98 Å². The first-order valence-corrected chi connectivity index (χ1v) is 7.23. The second-order valence-corrected chi connectivity index (χ2v) is 5.11. The average Bonchev–Trinajstić information content (AvgIpc) is 3.18. The van der Waals surface area contributed by atoms with E-state index >= 15 is 0 Å². The van der Waals surface area contributed by atoms with Crippen LogP contribution < -0.4 is 10.6 Å². The molecule has 2 heterocycles. The third-order valence-electron chi connectivity index (χ3n) is 3.60. The van der Waals surface area contributed by atoms with Gasteiger partial charge in [-0.05, 0) is 43.5 Å². The fourth-order valence-electron chi connectivity index (χ4n) is 2.42. The molecule has 110 valence electrons. The number of hydrogen-bond donors (Lipinski definition) is 2. The molecule has 2 aromatic rings. The van der Waals surface area contributed by atoms with Gasteiger partial charge < -0.3 is 15.2 Å². The van der Waals surface area contributed by atoms with Crippen LogP contribution in [0.15, 0.2) is 28.8 Å². The molecule has 0 radical (unpaired) electrons. The van der Waals surface area contributed by atoms with Crippen molar-refractivity contribution in [3.63, 3.8) is 0 Å². The van der Waals surface area contributed by atoms with E-state index in [0.29, 0.717) is 5.89 Å². The number of nitrogens with one attached hydrogen (secondary N) is 2. The van der Waals surface area contributed by atoms with Crippen LogP contribution in [0, 0.1) is 0 Å². The Morgan fingerprint density at radius 1 is 1.52 bits per heavy atom. The summed E-state index contributed by atoms with van der Waals surface area (Å²) in [6.45, 7) is 3.01. The topological polar surface area (TPSA) is 80.0 Å². The number of aromatic nitrogens is 2. The third-order valence-corrected chi connectivity index (χ3v) is 3.60. The van der Waals surface area contributed by atoms with E-state index in [1.807, 2.05) is 24.3 Å². The van der Waals surface area contributed by atoms with Gasteiger partial charge in [0.05, 0.1) is 6.04 Å². The van der Waals surface area contributed by atoms with Crippen LogP contribution in [0.2, 0.25) is 0 Å². The molecule has 0 bridgehead atoms. The van der Waals surface area contributed by atoms with Crippen LogP contribution in [0.25, 0.3) is 0 Å². The highest BCUT2D eigenvalue weighted by molar-refractivity contribution is 6.01. The standard InChI is InChI=1S/C15H18N4O2/c1-2-10-5-3-6-11(9-10)17-14(20)13-18-15(21-19-13)12-7-4-8-16-12/h3,5-6,9,12,16H,2,4,7-8H2,1H3,(H,17,20). The Bertz CT molecular complexity index is 632. The Hall–Kier alpha value is -2.21. The van der Waals surface area contributed by atoms with E-state index in [0.717, 1.165) is 37.1 Å². The number of amides is 1. The van der Waals surface area contributed by atoms with Gasteiger partial charge in [0.15, 0.2) is 0 Å². The van der Waals surface area contributed by atoms with Gasteiger partial charge in [0, 0.05) is 5.69 Å². The first kappa shape index (κ1) is 13.8. The SMILES string of the molecule is CCc1cccc(NC(=O)c2noc(C3CCCN3)n2)c1. The van der Waals surface area contributed by atoms with Crippen molar-refractivity contribution >= 4 is 11.6 Å². The second kappa shape index (κ2) is 6.05. The number of anilines is 1. The van der Waals surface area contributed by atoms with Gasteiger partial charge in [0.2, 0.25) is 5.89 Å². The van der Waals surface area contributed by atoms with Crippen molar-refractivity contribution in [2.45, 2.75) is 32.2 Å². The fraction of sp³-hybridized carbons (Fsp3) is 0.400. The maximum absolute atomic E-state index is 12.1. The smallest absolute Gasteiger partial charge is 0.297 e. The zero-order chi connectivity index (χ0) is 14.7. The number of aryl methyl sites for hydroxylation is 1. The third kappa shape index (κ3) is 3.11. The minimum Gasteiger partial charge on any atom is -0.337 e. The first-order valence-electron chi connectivity index (χ1n) is 7.23. The Morgan fingerprint density at radius 3 is 3.19 bits per heavy atom. The van der Waals surface area contributed by atoms with E-state index in [1.54, 1.807) is 0 Å². The molecule has 21 heavy (non-hydrogen) atoms. The summed E-state index contributed by atoms with van der Waals surface area (Å²) in [7, 11) is 0. The quantitative estimate of drug-likeness (QED) is 0.901. The van der Waals surface area contributed by atoms with Crippen molar-refractivity contribution in [1.29, 1.82) is 0 Å². The van der Waals surface area contributed by atoms with Gasteiger partial charge in [0.1, 0.15) is 0 Å². The Kier molecular flexibility index (Phi) is 3.96. The van der Waals surface area contributed by atoms with Gasteiger partial charge >= 0.3 is 0 Å². The summed E-state index contributed by atoms with van der Waals surface area (Å²) < 4.78 is 5.17. The lowest BCUT2D eigenvalue weighted by molar-refractivity contribution is 0.101. The Balaban J connectivity index is 1.70. The van der Waals surface area contributed by atoms with E-state index in [4.69, 9.17) is 4.52 Å². The molecule has 1 saturated heterocycles. The minimum absolute atomic E-state index is 0.0700. The lowest BCUT2D eigenvalue weighted by Gasteiger charge is -2.04. The first-order chi connectivity index (χ1) is 10.3. The minimum atomic E-state index is -0.351. The molecule has 1 fully saturated rings. The Morgan fingerprint density at radius 2 is 2.43 bits per heavy atom. The molecule has 1 aromatic carbocycles. The molecule has 1 unspecified atom stereocenters. The zero-order valence-electron chi connectivity index (χ0n) is 11.9. The Labute approximate surface area is 122 Å². The molecule has 2 N–H and O–H groups in total. The number of carbonyl (C=O) groups is 1. The molecular weight excluding hydrogens is 268 g/mol. The highest BCUT2D eigenvalue weighted by atomic mass is 16.5. The van der Waals surface area contributed by atoms with Crippen LogP contribution in [-0.2, 0) is 6.42 Å². The van der Waals surface area contributed by atoms with Crippen LogP contribution in [0.4, 0.5) is 5.69 Å². The number of rotatable bonds is 4. The van der Waals surface area contributed by atoms with Gasteiger partial charge in [-0.25, -0.2) is 0 Å². The number of hydrogen-bond acceptors (Lipinski definition) is 5. The molecule has 6 nitrogen and oxygen atoms in total. The summed E-state index contributed by atoms with van der Waals surface area (Å²) in [5, 5.41) is 9.82. The molecule has 0 aliphatic carbocycles. The summed E-state index contributed by atoms with van der Waals surface area (Å²) in [4.78, 5) is 16.3. The summed E-state index contributed by atoms with van der Waals surface area (Å²) in [5.41, 5.74) is 1.90. The van der Waals surface area contributed by atoms with Crippen molar-refractivity contribution in [1.82, 2.24) is 15.5 Å². The number of carbonyl (C=O) groups excluding carboxylic acids is 1. The lowest BCUT2D eigenvalue weighted by Crippen LogP contribution is -2.15. The predicted octanol–water partition coefficient (Wildman–Crippen LogP) is 2.31. The van der Waals surface area contributed by atoms with Crippen LogP contribution in [-0.4, -0.2) is 22.6 Å². The molecule has 1 amide bonds. The fourth-order valence-corrected chi connectivity index (χ4v) is 2.42. The molecular formula is C15H18N4O2. The van der Waals surface area contributed by atoms with E-state index < -0.39 is 0 Å². The van der Waals surface area contributed by atoms with Crippen molar-refractivity contribution in [2.75, 3.05) is 11.9 Å². The zero-order valence-corrected chi connectivity index (χ0v) is 11.9. The van der Waals surface area contributed by atoms with Crippen molar-refractivity contribution < 1.29 is 9.32 Å².